The van der Waals surface area contributed by atoms with Gasteiger partial charge < -0.3 is 10.6 Å². The van der Waals surface area contributed by atoms with E-state index in [1.807, 2.05) is 34.6 Å². The molecule has 2 N–H and O–H groups in total. The molecule has 1 saturated carbocycles. The first-order valence-corrected chi connectivity index (χ1v) is 7.33. The molecule has 0 aromatic heterocycles. The van der Waals surface area contributed by atoms with Gasteiger partial charge in [0.05, 0.1) is 0 Å². The van der Waals surface area contributed by atoms with Crippen LogP contribution in [0, 0.1) is 11.8 Å². The van der Waals surface area contributed by atoms with Gasteiger partial charge in [-0.2, -0.15) is 0 Å². The van der Waals surface area contributed by atoms with Crippen LogP contribution in [-0.4, -0.2) is 23.4 Å². The third kappa shape index (κ3) is 6.08. The highest BCUT2D eigenvalue weighted by Crippen LogP contribution is 2.30. The van der Waals surface area contributed by atoms with E-state index in [4.69, 9.17) is 0 Å². The zero-order valence-corrected chi connectivity index (χ0v) is 12.9. The molecule has 0 heterocycles. The van der Waals surface area contributed by atoms with Gasteiger partial charge in [-0.25, -0.2) is 0 Å². The highest BCUT2D eigenvalue weighted by molar-refractivity contribution is 5.81. The summed E-state index contributed by atoms with van der Waals surface area (Å²) in [7, 11) is 0. The van der Waals surface area contributed by atoms with Crippen molar-refractivity contribution in [2.24, 2.45) is 11.8 Å². The molecule has 0 radical (unpaired) electrons. The Kier molecular flexibility index (Phi) is 5.39. The first-order valence-electron chi connectivity index (χ1n) is 7.33. The molecule has 4 heteroatoms. The van der Waals surface area contributed by atoms with Crippen molar-refractivity contribution in [3.05, 3.63) is 0 Å². The topological polar surface area (TPSA) is 58.2 Å². The number of carbonyl (C=O) groups excluding carboxylic acids is 2. The van der Waals surface area contributed by atoms with E-state index in [2.05, 4.69) is 10.6 Å². The van der Waals surface area contributed by atoms with Crippen molar-refractivity contribution in [1.82, 2.24) is 10.6 Å². The highest BCUT2D eigenvalue weighted by atomic mass is 16.2. The van der Waals surface area contributed by atoms with Crippen molar-refractivity contribution in [1.29, 1.82) is 0 Å². The maximum Gasteiger partial charge on any atom is 0.223 e. The van der Waals surface area contributed by atoms with Crippen LogP contribution < -0.4 is 10.6 Å². The van der Waals surface area contributed by atoms with E-state index in [1.165, 1.54) is 0 Å². The lowest BCUT2D eigenvalue weighted by atomic mass is 9.92. The summed E-state index contributed by atoms with van der Waals surface area (Å²) in [6, 6.07) is 0.178. The molecule has 0 aliphatic heterocycles. The lowest BCUT2D eigenvalue weighted by Gasteiger charge is -2.27. The molecular weight excluding hydrogens is 240 g/mol. The summed E-state index contributed by atoms with van der Waals surface area (Å²) < 4.78 is 0. The van der Waals surface area contributed by atoms with Crippen molar-refractivity contribution in [3.63, 3.8) is 0 Å². The molecule has 0 saturated heterocycles. The fourth-order valence-corrected chi connectivity index (χ4v) is 1.98. The Labute approximate surface area is 116 Å². The maximum atomic E-state index is 11.8. The Morgan fingerprint density at radius 2 is 1.79 bits per heavy atom. The minimum Gasteiger partial charge on any atom is -0.354 e. The Morgan fingerprint density at radius 3 is 2.26 bits per heavy atom. The van der Waals surface area contributed by atoms with Gasteiger partial charge in [0.15, 0.2) is 0 Å². The molecule has 4 nitrogen and oxygen atoms in total. The second-order valence-corrected chi connectivity index (χ2v) is 6.75. The van der Waals surface area contributed by atoms with Crippen LogP contribution in [0.3, 0.4) is 0 Å². The fourth-order valence-electron chi connectivity index (χ4n) is 1.98. The van der Waals surface area contributed by atoms with E-state index in [0.717, 1.165) is 25.7 Å². The minimum atomic E-state index is -0.230. The van der Waals surface area contributed by atoms with Crippen molar-refractivity contribution in [3.8, 4) is 0 Å². The van der Waals surface area contributed by atoms with Crippen LogP contribution >= 0.6 is 0 Å². The number of amides is 2. The van der Waals surface area contributed by atoms with E-state index >= 15 is 0 Å². The van der Waals surface area contributed by atoms with Crippen LogP contribution in [0.1, 0.15) is 60.3 Å². The third-order valence-electron chi connectivity index (χ3n) is 3.49. The molecule has 0 bridgehead atoms. The number of carbonyl (C=O) groups is 2. The second kappa shape index (κ2) is 6.40. The van der Waals surface area contributed by atoms with Crippen LogP contribution in [0.5, 0.6) is 0 Å². The van der Waals surface area contributed by atoms with Crippen LogP contribution in [-0.2, 0) is 9.59 Å². The number of hydrogen-bond donors (Lipinski definition) is 2. The molecule has 19 heavy (non-hydrogen) atoms. The van der Waals surface area contributed by atoms with E-state index in [9.17, 15) is 9.59 Å². The standard InChI is InChI=1S/C15H28N2O2/c1-10(2)16-13(18)11(3)8-9-15(4,5)17-14(19)12-6-7-12/h10-12H,6-9H2,1-5H3,(H,16,18)(H,17,19). The molecular formula is C15H28N2O2. The highest BCUT2D eigenvalue weighted by Gasteiger charge is 2.33. The normalized spacial score (nSPS) is 17.2. The maximum absolute atomic E-state index is 11.8. The van der Waals surface area contributed by atoms with Gasteiger partial charge in [0.2, 0.25) is 11.8 Å². The smallest absolute Gasteiger partial charge is 0.223 e. The lowest BCUT2D eigenvalue weighted by molar-refractivity contribution is -0.125. The molecule has 1 unspecified atom stereocenters. The van der Waals surface area contributed by atoms with Crippen LogP contribution in [0.15, 0.2) is 0 Å². The van der Waals surface area contributed by atoms with Crippen LogP contribution in [0.2, 0.25) is 0 Å². The van der Waals surface area contributed by atoms with Crippen molar-refractivity contribution >= 4 is 11.8 Å². The van der Waals surface area contributed by atoms with Gasteiger partial charge in [-0.3, -0.25) is 9.59 Å². The summed E-state index contributed by atoms with van der Waals surface area (Å²) in [6.07, 6.45) is 3.65. The van der Waals surface area contributed by atoms with E-state index in [0.29, 0.717) is 0 Å². The fraction of sp³-hybridized carbons (Fsp3) is 0.867. The predicted molar refractivity (Wildman–Crippen MR) is 76.6 cm³/mol. The van der Waals surface area contributed by atoms with Gasteiger partial charge in [0.1, 0.15) is 0 Å². The van der Waals surface area contributed by atoms with Gasteiger partial charge in [-0.15, -0.1) is 0 Å². The average molecular weight is 268 g/mol. The largest absolute Gasteiger partial charge is 0.354 e. The SMILES string of the molecule is CC(C)NC(=O)C(C)CCC(C)(C)NC(=O)C1CC1. The number of nitrogens with one attached hydrogen (secondary N) is 2. The van der Waals surface area contributed by atoms with Crippen molar-refractivity contribution < 1.29 is 9.59 Å². The zero-order chi connectivity index (χ0) is 14.6. The number of rotatable bonds is 7. The molecule has 1 atom stereocenters. The zero-order valence-electron chi connectivity index (χ0n) is 12.9. The monoisotopic (exact) mass is 268 g/mol. The first kappa shape index (κ1) is 16.0. The van der Waals surface area contributed by atoms with Crippen molar-refractivity contribution in [2.75, 3.05) is 0 Å². The summed E-state index contributed by atoms with van der Waals surface area (Å²) in [4.78, 5) is 23.6. The Bertz CT molecular complexity index is 333. The third-order valence-corrected chi connectivity index (χ3v) is 3.49. The summed E-state index contributed by atoms with van der Waals surface area (Å²) >= 11 is 0. The summed E-state index contributed by atoms with van der Waals surface area (Å²) in [5.41, 5.74) is -0.230. The molecule has 1 fully saturated rings. The van der Waals surface area contributed by atoms with Gasteiger partial charge in [0, 0.05) is 23.4 Å². The molecule has 0 aromatic carbocycles. The Balaban J connectivity index is 2.32. The first-order chi connectivity index (χ1) is 8.71. The summed E-state index contributed by atoms with van der Waals surface area (Å²) in [5, 5.41) is 6.00. The lowest BCUT2D eigenvalue weighted by Crippen LogP contribution is -2.45. The van der Waals surface area contributed by atoms with Gasteiger partial charge in [-0.05, 0) is 53.4 Å². The van der Waals surface area contributed by atoms with Gasteiger partial charge >= 0.3 is 0 Å². The van der Waals surface area contributed by atoms with Crippen molar-refractivity contribution in [2.45, 2.75) is 71.9 Å². The summed E-state index contributed by atoms with van der Waals surface area (Å²) in [5.74, 6) is 0.490. The molecule has 110 valence electrons. The molecule has 1 aliphatic carbocycles. The molecule has 0 spiro atoms. The molecule has 2 amide bonds. The predicted octanol–water partition coefficient (Wildman–Crippen LogP) is 2.23. The van der Waals surface area contributed by atoms with Gasteiger partial charge in [-0.1, -0.05) is 6.92 Å². The number of hydrogen-bond acceptors (Lipinski definition) is 2. The van der Waals surface area contributed by atoms with Crippen LogP contribution in [0.4, 0.5) is 0 Å². The van der Waals surface area contributed by atoms with Gasteiger partial charge in [0.25, 0.3) is 0 Å². The average Bonchev–Trinajstić information content (AvgIpc) is 3.07. The molecule has 1 rings (SSSR count). The quantitative estimate of drug-likeness (QED) is 0.744. The van der Waals surface area contributed by atoms with E-state index < -0.39 is 0 Å². The minimum absolute atomic E-state index is 0.0143. The van der Waals surface area contributed by atoms with E-state index in [-0.39, 0.29) is 35.2 Å². The van der Waals surface area contributed by atoms with Crippen LogP contribution in [0.25, 0.3) is 0 Å². The summed E-state index contributed by atoms with van der Waals surface area (Å²) in [6.45, 7) is 9.92. The Hall–Kier alpha value is -1.06. The molecule has 0 aromatic rings. The van der Waals surface area contributed by atoms with E-state index in [1.54, 1.807) is 0 Å². The molecule has 1 aliphatic rings. The second-order valence-electron chi connectivity index (χ2n) is 6.75. The Morgan fingerprint density at radius 1 is 1.21 bits per heavy atom.